The molecule has 1 N–H and O–H groups in total. The molecule has 0 saturated carbocycles. The fourth-order valence-electron chi connectivity index (χ4n) is 1.46. The Balaban J connectivity index is 2.94. The maximum absolute atomic E-state index is 13.0. The predicted octanol–water partition coefficient (Wildman–Crippen LogP) is 2.14. The van der Waals surface area contributed by atoms with Gasteiger partial charge in [-0.25, -0.2) is 4.39 Å². The normalized spacial score (nSPS) is 29.2. The molecule has 2 atom stereocenters. The third-order valence-corrected chi connectivity index (χ3v) is 1.98. The molecule has 0 aromatic carbocycles. The molecule has 2 unspecified atom stereocenters. The zero-order chi connectivity index (χ0) is 9.30. The van der Waals surface area contributed by atoms with Gasteiger partial charge in [0.15, 0.2) is 0 Å². The van der Waals surface area contributed by atoms with Crippen LogP contribution in [0.5, 0.6) is 0 Å². The Morgan fingerprint density at radius 2 is 2.25 bits per heavy atom. The lowest BCUT2D eigenvalue weighted by molar-refractivity contribution is -0.142. The maximum Gasteiger partial charge on any atom is 0.313 e. The lowest BCUT2D eigenvalue weighted by atomic mass is 9.86. The Morgan fingerprint density at radius 1 is 1.67 bits per heavy atom. The molecule has 0 aromatic rings. The van der Waals surface area contributed by atoms with E-state index in [2.05, 4.69) is 0 Å². The van der Waals surface area contributed by atoms with Gasteiger partial charge in [0.25, 0.3) is 0 Å². The Labute approximate surface area is 70.4 Å². The SMILES string of the molecule is CC1=CC(C)C(C(=O)O)C(F)=C1. The molecule has 2 nitrogen and oxygen atoms in total. The minimum absolute atomic E-state index is 0.257. The molecular formula is C9H11FO2. The average molecular weight is 170 g/mol. The van der Waals surface area contributed by atoms with E-state index in [0.717, 1.165) is 5.57 Å². The van der Waals surface area contributed by atoms with Crippen molar-refractivity contribution >= 4 is 5.97 Å². The zero-order valence-electron chi connectivity index (χ0n) is 7.04. The second kappa shape index (κ2) is 3.09. The summed E-state index contributed by atoms with van der Waals surface area (Å²) in [4.78, 5) is 10.6. The molecule has 0 radical (unpaired) electrons. The van der Waals surface area contributed by atoms with Gasteiger partial charge in [0.1, 0.15) is 11.7 Å². The second-order valence-corrected chi connectivity index (χ2v) is 3.11. The van der Waals surface area contributed by atoms with E-state index in [-0.39, 0.29) is 5.92 Å². The van der Waals surface area contributed by atoms with Crippen LogP contribution in [0.3, 0.4) is 0 Å². The average Bonchev–Trinajstić information content (AvgIpc) is 1.82. The van der Waals surface area contributed by atoms with Crippen LogP contribution < -0.4 is 0 Å². The van der Waals surface area contributed by atoms with Gasteiger partial charge >= 0.3 is 5.97 Å². The Kier molecular flexibility index (Phi) is 2.31. The topological polar surface area (TPSA) is 37.3 Å². The quantitative estimate of drug-likeness (QED) is 0.654. The van der Waals surface area contributed by atoms with Crippen LogP contribution in [0.1, 0.15) is 13.8 Å². The third-order valence-electron chi connectivity index (χ3n) is 1.98. The van der Waals surface area contributed by atoms with Gasteiger partial charge in [-0.3, -0.25) is 4.79 Å². The maximum atomic E-state index is 13.0. The molecule has 0 amide bonds. The molecular weight excluding hydrogens is 159 g/mol. The third kappa shape index (κ3) is 1.55. The molecule has 0 bridgehead atoms. The Morgan fingerprint density at radius 3 is 2.67 bits per heavy atom. The van der Waals surface area contributed by atoms with Crippen LogP contribution in [0, 0.1) is 11.8 Å². The number of carboxylic acids is 1. The van der Waals surface area contributed by atoms with Crippen LogP contribution in [-0.2, 0) is 4.79 Å². The van der Waals surface area contributed by atoms with Gasteiger partial charge in [-0.2, -0.15) is 0 Å². The highest BCUT2D eigenvalue weighted by Crippen LogP contribution is 2.29. The summed E-state index contributed by atoms with van der Waals surface area (Å²) in [6.45, 7) is 3.46. The van der Waals surface area contributed by atoms with Crippen molar-refractivity contribution in [1.82, 2.24) is 0 Å². The number of carbonyl (C=O) groups is 1. The standard InChI is InChI=1S/C9H11FO2/c1-5-3-6(2)8(9(11)12)7(10)4-5/h3-4,6,8H,1-2H3,(H,11,12). The van der Waals surface area contributed by atoms with Crippen LogP contribution in [-0.4, -0.2) is 11.1 Å². The summed E-state index contributed by atoms with van der Waals surface area (Å²) < 4.78 is 13.0. The van der Waals surface area contributed by atoms with Gasteiger partial charge in [0, 0.05) is 0 Å². The number of hydrogen-bond donors (Lipinski definition) is 1. The van der Waals surface area contributed by atoms with Crippen LogP contribution in [0.2, 0.25) is 0 Å². The van der Waals surface area contributed by atoms with E-state index in [0.29, 0.717) is 0 Å². The van der Waals surface area contributed by atoms with E-state index in [9.17, 15) is 9.18 Å². The monoisotopic (exact) mass is 170 g/mol. The van der Waals surface area contributed by atoms with Crippen molar-refractivity contribution in [1.29, 1.82) is 0 Å². The van der Waals surface area contributed by atoms with Crippen LogP contribution in [0.4, 0.5) is 4.39 Å². The molecule has 0 aromatic heterocycles. The number of allylic oxidation sites excluding steroid dienone is 3. The number of carboxylic acid groups (broad SMARTS) is 1. The number of rotatable bonds is 1. The smallest absolute Gasteiger partial charge is 0.313 e. The van der Waals surface area contributed by atoms with Gasteiger partial charge in [-0.15, -0.1) is 0 Å². The summed E-state index contributed by atoms with van der Waals surface area (Å²) in [6, 6.07) is 0. The van der Waals surface area contributed by atoms with Gasteiger partial charge in [-0.05, 0) is 18.9 Å². The van der Waals surface area contributed by atoms with E-state index in [1.807, 2.05) is 0 Å². The first-order valence-electron chi connectivity index (χ1n) is 3.80. The van der Waals surface area contributed by atoms with Crippen molar-refractivity contribution < 1.29 is 14.3 Å². The first kappa shape index (κ1) is 8.97. The van der Waals surface area contributed by atoms with Crippen molar-refractivity contribution in [3.63, 3.8) is 0 Å². The molecule has 1 aliphatic rings. The van der Waals surface area contributed by atoms with Gasteiger partial charge in [-0.1, -0.05) is 18.6 Å². The summed E-state index contributed by atoms with van der Waals surface area (Å²) in [5.74, 6) is -2.89. The predicted molar refractivity (Wildman–Crippen MR) is 43.2 cm³/mol. The van der Waals surface area contributed by atoms with E-state index in [4.69, 9.17) is 5.11 Å². The van der Waals surface area contributed by atoms with E-state index < -0.39 is 17.7 Å². The van der Waals surface area contributed by atoms with E-state index in [1.165, 1.54) is 6.08 Å². The van der Waals surface area contributed by atoms with Gasteiger partial charge < -0.3 is 5.11 Å². The van der Waals surface area contributed by atoms with Crippen molar-refractivity contribution in [3.8, 4) is 0 Å². The molecule has 66 valence electrons. The second-order valence-electron chi connectivity index (χ2n) is 3.11. The van der Waals surface area contributed by atoms with Crippen molar-refractivity contribution in [2.45, 2.75) is 13.8 Å². The lowest BCUT2D eigenvalue weighted by Gasteiger charge is -2.19. The summed E-state index contributed by atoms with van der Waals surface area (Å²) in [6.07, 6.45) is 3.04. The fourth-order valence-corrected chi connectivity index (χ4v) is 1.46. The number of aliphatic carboxylic acids is 1. The summed E-state index contributed by atoms with van der Waals surface area (Å²) in [7, 11) is 0. The highest BCUT2D eigenvalue weighted by molar-refractivity contribution is 5.74. The van der Waals surface area contributed by atoms with E-state index in [1.54, 1.807) is 19.9 Å². The number of halogens is 1. The fraction of sp³-hybridized carbons (Fsp3) is 0.444. The minimum atomic E-state index is -1.10. The van der Waals surface area contributed by atoms with Crippen molar-refractivity contribution in [2.75, 3.05) is 0 Å². The lowest BCUT2D eigenvalue weighted by Crippen LogP contribution is -2.23. The summed E-state index contributed by atoms with van der Waals surface area (Å²) >= 11 is 0. The van der Waals surface area contributed by atoms with Gasteiger partial charge in [0.2, 0.25) is 0 Å². The van der Waals surface area contributed by atoms with E-state index >= 15 is 0 Å². The highest BCUT2D eigenvalue weighted by Gasteiger charge is 2.30. The molecule has 1 aliphatic carbocycles. The summed E-state index contributed by atoms with van der Waals surface area (Å²) in [5, 5.41) is 8.66. The molecule has 12 heavy (non-hydrogen) atoms. The van der Waals surface area contributed by atoms with Gasteiger partial charge in [0.05, 0.1) is 0 Å². The highest BCUT2D eigenvalue weighted by atomic mass is 19.1. The largest absolute Gasteiger partial charge is 0.481 e. The van der Waals surface area contributed by atoms with Crippen LogP contribution in [0.15, 0.2) is 23.6 Å². The molecule has 3 heteroatoms. The Hall–Kier alpha value is -1.12. The molecule has 0 spiro atoms. The first-order chi connectivity index (χ1) is 5.52. The van der Waals surface area contributed by atoms with Crippen molar-refractivity contribution in [3.05, 3.63) is 23.6 Å². The Bertz CT molecular complexity index is 266. The summed E-state index contributed by atoms with van der Waals surface area (Å²) in [5.41, 5.74) is 0.789. The first-order valence-corrected chi connectivity index (χ1v) is 3.80. The molecule has 0 fully saturated rings. The molecule has 0 saturated heterocycles. The minimum Gasteiger partial charge on any atom is -0.481 e. The van der Waals surface area contributed by atoms with Crippen LogP contribution in [0.25, 0.3) is 0 Å². The zero-order valence-corrected chi connectivity index (χ0v) is 7.04. The molecule has 0 aliphatic heterocycles. The van der Waals surface area contributed by atoms with Crippen LogP contribution >= 0.6 is 0 Å². The van der Waals surface area contributed by atoms with Crippen molar-refractivity contribution in [2.24, 2.45) is 11.8 Å². The number of hydrogen-bond acceptors (Lipinski definition) is 1. The molecule has 0 heterocycles. The molecule has 1 rings (SSSR count).